The van der Waals surface area contributed by atoms with Crippen molar-refractivity contribution in [2.45, 2.75) is 79.3 Å². The van der Waals surface area contributed by atoms with Crippen LogP contribution < -0.4 is 5.32 Å². The van der Waals surface area contributed by atoms with Crippen LogP contribution in [0.3, 0.4) is 0 Å². The zero-order chi connectivity index (χ0) is 14.5. The largest absolute Gasteiger partial charge is 0.313 e. The van der Waals surface area contributed by atoms with Crippen molar-refractivity contribution in [1.29, 1.82) is 0 Å². The molecule has 0 aliphatic heterocycles. The predicted molar refractivity (Wildman–Crippen MR) is 85.6 cm³/mol. The summed E-state index contributed by atoms with van der Waals surface area (Å²) in [6.45, 7) is 17.6. The van der Waals surface area contributed by atoms with Gasteiger partial charge in [-0.15, -0.1) is 0 Å². The third kappa shape index (κ3) is 4.75. The number of rotatable bonds is 6. The normalized spacial score (nSPS) is 28.9. The van der Waals surface area contributed by atoms with Gasteiger partial charge in [0.15, 0.2) is 0 Å². The van der Waals surface area contributed by atoms with Gasteiger partial charge in [-0.1, -0.05) is 41.5 Å². The van der Waals surface area contributed by atoms with E-state index in [-0.39, 0.29) is 0 Å². The summed E-state index contributed by atoms with van der Waals surface area (Å²) in [7, 11) is 0. The third-order valence-electron chi connectivity index (χ3n) is 4.89. The van der Waals surface area contributed by atoms with Gasteiger partial charge in [0.2, 0.25) is 0 Å². The minimum Gasteiger partial charge on any atom is -0.313 e. The van der Waals surface area contributed by atoms with Gasteiger partial charge in [0.1, 0.15) is 0 Å². The molecule has 0 radical (unpaired) electrons. The van der Waals surface area contributed by atoms with Crippen LogP contribution in [0.25, 0.3) is 0 Å². The van der Waals surface area contributed by atoms with E-state index in [9.17, 15) is 0 Å². The molecule has 0 amide bonds. The maximum Gasteiger partial charge on any atom is 0.0252 e. The van der Waals surface area contributed by atoms with Gasteiger partial charge in [-0.25, -0.2) is 0 Å². The Labute approximate surface area is 121 Å². The van der Waals surface area contributed by atoms with Gasteiger partial charge in [-0.05, 0) is 56.7 Å². The van der Waals surface area contributed by atoms with Crippen molar-refractivity contribution in [2.24, 2.45) is 11.3 Å². The minimum absolute atomic E-state index is 0.459. The molecular formula is C17H36N2. The van der Waals surface area contributed by atoms with E-state index in [1.807, 2.05) is 0 Å². The minimum atomic E-state index is 0.459. The van der Waals surface area contributed by atoms with E-state index in [0.29, 0.717) is 11.5 Å². The van der Waals surface area contributed by atoms with Gasteiger partial charge in [-0.3, -0.25) is 4.90 Å². The molecule has 2 nitrogen and oxygen atoms in total. The van der Waals surface area contributed by atoms with Gasteiger partial charge in [0, 0.05) is 12.1 Å². The average Bonchev–Trinajstić information content (AvgIpc) is 2.36. The fourth-order valence-corrected chi connectivity index (χ4v) is 3.68. The van der Waals surface area contributed by atoms with Crippen molar-refractivity contribution < 1.29 is 0 Å². The molecule has 0 aromatic heterocycles. The molecule has 1 rings (SSSR count). The quantitative estimate of drug-likeness (QED) is 0.785. The zero-order valence-electron chi connectivity index (χ0n) is 14.1. The molecule has 0 bridgehead atoms. The fraction of sp³-hybridized carbons (Fsp3) is 1.00. The number of likely N-dealkylation sites (N-methyl/N-ethyl adjacent to an activating group) is 2. The van der Waals surface area contributed by atoms with E-state index in [2.05, 4.69) is 51.8 Å². The molecule has 0 spiro atoms. The van der Waals surface area contributed by atoms with Crippen LogP contribution in [0.15, 0.2) is 0 Å². The second kappa shape index (κ2) is 7.64. The maximum atomic E-state index is 3.74. The molecule has 1 fully saturated rings. The molecule has 1 aliphatic rings. The van der Waals surface area contributed by atoms with Crippen molar-refractivity contribution >= 4 is 0 Å². The van der Waals surface area contributed by atoms with Crippen molar-refractivity contribution in [1.82, 2.24) is 10.2 Å². The number of hydrogen-bond donors (Lipinski definition) is 1. The van der Waals surface area contributed by atoms with Crippen molar-refractivity contribution in [3.05, 3.63) is 0 Å². The number of nitrogens with one attached hydrogen (secondary N) is 1. The summed E-state index contributed by atoms with van der Waals surface area (Å²) in [5.41, 5.74) is 0.459. The van der Waals surface area contributed by atoms with Crippen LogP contribution in [-0.4, -0.2) is 36.6 Å². The monoisotopic (exact) mass is 268 g/mol. The van der Waals surface area contributed by atoms with E-state index >= 15 is 0 Å². The van der Waals surface area contributed by atoms with Crippen molar-refractivity contribution in [2.75, 3.05) is 19.6 Å². The molecule has 2 heteroatoms. The van der Waals surface area contributed by atoms with Crippen LogP contribution >= 0.6 is 0 Å². The Morgan fingerprint density at radius 1 is 1.11 bits per heavy atom. The molecule has 114 valence electrons. The highest BCUT2D eigenvalue weighted by Crippen LogP contribution is 2.39. The molecule has 19 heavy (non-hydrogen) atoms. The zero-order valence-corrected chi connectivity index (χ0v) is 14.1. The standard InChI is InChI=1S/C17H36N2/c1-7-12-19(9-3)16-13-14(17(4,5)6)10-11-15(16)18-8-2/h14-16,18H,7-13H2,1-6H3. The van der Waals surface area contributed by atoms with Gasteiger partial charge in [0.25, 0.3) is 0 Å². The summed E-state index contributed by atoms with van der Waals surface area (Å²) in [6.07, 6.45) is 5.38. The second-order valence-corrected chi connectivity index (χ2v) is 7.24. The Kier molecular flexibility index (Phi) is 6.82. The van der Waals surface area contributed by atoms with E-state index < -0.39 is 0 Å². The van der Waals surface area contributed by atoms with E-state index in [0.717, 1.165) is 18.5 Å². The highest BCUT2D eigenvalue weighted by Gasteiger charge is 2.37. The van der Waals surface area contributed by atoms with Gasteiger partial charge < -0.3 is 5.32 Å². The molecule has 0 saturated heterocycles. The van der Waals surface area contributed by atoms with Crippen LogP contribution in [0.2, 0.25) is 0 Å². The first-order valence-corrected chi connectivity index (χ1v) is 8.41. The summed E-state index contributed by atoms with van der Waals surface area (Å²) in [5.74, 6) is 0.873. The molecule has 1 aliphatic carbocycles. The van der Waals surface area contributed by atoms with Crippen molar-refractivity contribution in [3.8, 4) is 0 Å². The third-order valence-corrected chi connectivity index (χ3v) is 4.89. The highest BCUT2D eigenvalue weighted by molar-refractivity contribution is 4.93. The van der Waals surface area contributed by atoms with Crippen LogP contribution in [0.1, 0.15) is 67.2 Å². The molecule has 3 unspecified atom stereocenters. The Bertz CT molecular complexity index is 236. The first-order valence-electron chi connectivity index (χ1n) is 8.41. The number of nitrogens with zero attached hydrogens (tertiary/aromatic N) is 1. The molecular weight excluding hydrogens is 232 g/mol. The van der Waals surface area contributed by atoms with Crippen LogP contribution in [0, 0.1) is 11.3 Å². The van der Waals surface area contributed by atoms with Gasteiger partial charge in [-0.2, -0.15) is 0 Å². The summed E-state index contributed by atoms with van der Waals surface area (Å²) in [5, 5.41) is 3.74. The van der Waals surface area contributed by atoms with Crippen LogP contribution in [-0.2, 0) is 0 Å². The molecule has 1 saturated carbocycles. The maximum absolute atomic E-state index is 3.74. The lowest BCUT2D eigenvalue weighted by Crippen LogP contribution is -2.54. The van der Waals surface area contributed by atoms with E-state index in [1.165, 1.54) is 38.8 Å². The number of hydrogen-bond acceptors (Lipinski definition) is 2. The first-order chi connectivity index (χ1) is 8.93. The molecule has 0 aromatic rings. The van der Waals surface area contributed by atoms with Crippen molar-refractivity contribution in [3.63, 3.8) is 0 Å². The highest BCUT2D eigenvalue weighted by atomic mass is 15.2. The van der Waals surface area contributed by atoms with E-state index in [4.69, 9.17) is 0 Å². The Morgan fingerprint density at radius 3 is 2.26 bits per heavy atom. The van der Waals surface area contributed by atoms with E-state index in [1.54, 1.807) is 0 Å². The first kappa shape index (κ1) is 17.0. The topological polar surface area (TPSA) is 15.3 Å². The second-order valence-electron chi connectivity index (χ2n) is 7.24. The predicted octanol–water partition coefficient (Wildman–Crippen LogP) is 3.91. The molecule has 1 N–H and O–H groups in total. The van der Waals surface area contributed by atoms with Gasteiger partial charge in [0.05, 0.1) is 0 Å². The Balaban J connectivity index is 2.77. The summed E-state index contributed by atoms with van der Waals surface area (Å²) in [4.78, 5) is 2.71. The van der Waals surface area contributed by atoms with Crippen LogP contribution in [0.4, 0.5) is 0 Å². The lowest BCUT2D eigenvalue weighted by Gasteiger charge is -2.46. The lowest BCUT2D eigenvalue weighted by atomic mass is 9.69. The summed E-state index contributed by atoms with van der Waals surface area (Å²) in [6, 6.07) is 1.44. The Hall–Kier alpha value is -0.0800. The Morgan fingerprint density at radius 2 is 1.79 bits per heavy atom. The van der Waals surface area contributed by atoms with Gasteiger partial charge >= 0.3 is 0 Å². The van der Waals surface area contributed by atoms with Crippen LogP contribution in [0.5, 0.6) is 0 Å². The lowest BCUT2D eigenvalue weighted by molar-refractivity contribution is 0.0613. The average molecular weight is 268 g/mol. The fourth-order valence-electron chi connectivity index (χ4n) is 3.68. The molecule has 0 heterocycles. The molecule has 0 aromatic carbocycles. The summed E-state index contributed by atoms with van der Waals surface area (Å²) < 4.78 is 0. The smallest absolute Gasteiger partial charge is 0.0252 e. The summed E-state index contributed by atoms with van der Waals surface area (Å²) >= 11 is 0. The molecule has 3 atom stereocenters. The SMILES string of the molecule is CCCN(CC)C1CC(C(C)(C)C)CCC1NCC.